The molecule has 1 nitrogen and oxygen atoms in total. The van der Waals surface area contributed by atoms with Crippen LogP contribution in [0.25, 0.3) is 0 Å². The molecule has 2 fully saturated rings. The maximum atomic E-state index is 6.43. The summed E-state index contributed by atoms with van der Waals surface area (Å²) in [5, 5.41) is 0. The third-order valence-electron chi connectivity index (χ3n) is 6.31. The van der Waals surface area contributed by atoms with Gasteiger partial charge in [-0.25, -0.2) is 0 Å². The zero-order valence-electron chi connectivity index (χ0n) is 12.9. The van der Waals surface area contributed by atoms with Crippen molar-refractivity contribution >= 4 is 0 Å². The molecule has 2 saturated carbocycles. The second-order valence-electron chi connectivity index (χ2n) is 7.49. The molecule has 2 aliphatic rings. The topological polar surface area (TPSA) is 9.23 Å². The molecule has 3 rings (SSSR count). The number of hydrogen-bond acceptors (Lipinski definition) is 1. The van der Waals surface area contributed by atoms with Crippen LogP contribution in [0.2, 0.25) is 0 Å². The van der Waals surface area contributed by atoms with Gasteiger partial charge in [0.1, 0.15) is 11.9 Å². The van der Waals surface area contributed by atoms with Crippen molar-refractivity contribution < 1.29 is 4.74 Å². The molecular formula is C18H26O. The lowest BCUT2D eigenvalue weighted by molar-refractivity contribution is 0.0297. The number of fused-ring (bicyclic) bond motifs is 2. The van der Waals surface area contributed by atoms with Crippen LogP contribution in [0, 0.1) is 30.6 Å². The smallest absolute Gasteiger partial charge is 0.122 e. The molecule has 0 aliphatic heterocycles. The molecular weight excluding hydrogens is 232 g/mol. The van der Waals surface area contributed by atoms with Crippen molar-refractivity contribution in [2.45, 2.75) is 60.0 Å². The van der Waals surface area contributed by atoms with Gasteiger partial charge in [0.25, 0.3) is 0 Å². The van der Waals surface area contributed by atoms with Crippen LogP contribution in [0.15, 0.2) is 18.2 Å². The molecule has 0 saturated heterocycles. The lowest BCUT2D eigenvalue weighted by atomic mass is 9.70. The summed E-state index contributed by atoms with van der Waals surface area (Å²) >= 11 is 0. The Balaban J connectivity index is 1.86. The molecule has 0 radical (unpaired) electrons. The van der Waals surface area contributed by atoms with Gasteiger partial charge < -0.3 is 4.74 Å². The highest BCUT2D eigenvalue weighted by Gasteiger charge is 2.62. The summed E-state index contributed by atoms with van der Waals surface area (Å²) in [7, 11) is 0. The van der Waals surface area contributed by atoms with Crippen LogP contribution in [0.5, 0.6) is 5.75 Å². The van der Waals surface area contributed by atoms with E-state index in [0.717, 1.165) is 11.7 Å². The van der Waals surface area contributed by atoms with Gasteiger partial charge in [-0.3, -0.25) is 0 Å². The van der Waals surface area contributed by atoms with Crippen LogP contribution in [-0.4, -0.2) is 6.10 Å². The summed E-state index contributed by atoms with van der Waals surface area (Å²) in [6.07, 6.45) is 4.33. The minimum atomic E-state index is 0.342. The average molecular weight is 258 g/mol. The normalized spacial score (nSPS) is 35.6. The van der Waals surface area contributed by atoms with Crippen molar-refractivity contribution in [1.82, 2.24) is 0 Å². The molecule has 0 spiro atoms. The van der Waals surface area contributed by atoms with E-state index >= 15 is 0 Å². The van der Waals surface area contributed by atoms with Crippen molar-refractivity contribution in [3.63, 3.8) is 0 Å². The predicted molar refractivity (Wildman–Crippen MR) is 79.6 cm³/mol. The van der Waals surface area contributed by atoms with Crippen LogP contribution in [0.1, 0.15) is 51.2 Å². The standard InChI is InChI=1S/C18H26O/c1-12-6-7-15(13(2)10-12)19-16-11-14-8-9-18(16,5)17(14,3)4/h6-7,10,14,16H,8-9,11H2,1-5H3. The summed E-state index contributed by atoms with van der Waals surface area (Å²) in [6.45, 7) is 11.6. The van der Waals surface area contributed by atoms with Crippen molar-refractivity contribution in [2.24, 2.45) is 16.7 Å². The first-order chi connectivity index (χ1) is 8.84. The number of hydrogen-bond donors (Lipinski definition) is 0. The van der Waals surface area contributed by atoms with Gasteiger partial charge in [0.15, 0.2) is 0 Å². The molecule has 0 N–H and O–H groups in total. The number of aryl methyl sites for hydroxylation is 2. The van der Waals surface area contributed by atoms with E-state index in [4.69, 9.17) is 4.74 Å². The first-order valence-electron chi connectivity index (χ1n) is 7.58. The van der Waals surface area contributed by atoms with E-state index in [9.17, 15) is 0 Å². The van der Waals surface area contributed by atoms with E-state index in [1.54, 1.807) is 0 Å². The first-order valence-corrected chi connectivity index (χ1v) is 7.58. The molecule has 104 valence electrons. The van der Waals surface area contributed by atoms with Crippen LogP contribution in [0.4, 0.5) is 0 Å². The van der Waals surface area contributed by atoms with Crippen LogP contribution in [-0.2, 0) is 0 Å². The second-order valence-corrected chi connectivity index (χ2v) is 7.49. The zero-order valence-corrected chi connectivity index (χ0v) is 12.9. The highest BCUT2D eigenvalue weighted by Crippen LogP contribution is 2.66. The Morgan fingerprint density at radius 3 is 2.42 bits per heavy atom. The second kappa shape index (κ2) is 4.01. The van der Waals surface area contributed by atoms with Gasteiger partial charge >= 0.3 is 0 Å². The molecule has 1 aromatic rings. The SMILES string of the molecule is Cc1ccc(OC2CC3CCC2(C)C3(C)C)c(C)c1. The molecule has 19 heavy (non-hydrogen) atoms. The fraction of sp³-hybridized carbons (Fsp3) is 0.667. The maximum absolute atomic E-state index is 6.43. The van der Waals surface area contributed by atoms with E-state index in [1.165, 1.54) is 30.4 Å². The van der Waals surface area contributed by atoms with Gasteiger partial charge in [-0.1, -0.05) is 38.5 Å². The van der Waals surface area contributed by atoms with Crippen LogP contribution < -0.4 is 4.74 Å². The van der Waals surface area contributed by atoms with Gasteiger partial charge in [-0.05, 0) is 56.1 Å². The molecule has 1 heteroatoms. The summed E-state index contributed by atoms with van der Waals surface area (Å²) in [5.41, 5.74) is 3.35. The van der Waals surface area contributed by atoms with E-state index in [2.05, 4.69) is 52.8 Å². The fourth-order valence-corrected chi connectivity index (χ4v) is 4.39. The minimum absolute atomic E-state index is 0.342. The number of ether oxygens (including phenoxy) is 1. The largest absolute Gasteiger partial charge is 0.490 e. The van der Waals surface area contributed by atoms with Gasteiger partial charge in [-0.15, -0.1) is 0 Å². The quantitative estimate of drug-likeness (QED) is 0.733. The molecule has 1 aromatic carbocycles. The van der Waals surface area contributed by atoms with Gasteiger partial charge in [0.05, 0.1) is 0 Å². The number of benzene rings is 1. The maximum Gasteiger partial charge on any atom is 0.122 e. The minimum Gasteiger partial charge on any atom is -0.490 e. The lowest BCUT2D eigenvalue weighted by Crippen LogP contribution is -2.39. The van der Waals surface area contributed by atoms with E-state index in [0.29, 0.717) is 16.9 Å². The molecule has 2 aliphatic carbocycles. The van der Waals surface area contributed by atoms with Crippen molar-refractivity contribution in [3.05, 3.63) is 29.3 Å². The first kappa shape index (κ1) is 13.0. The summed E-state index contributed by atoms with van der Waals surface area (Å²) in [4.78, 5) is 0. The molecule has 0 amide bonds. The molecule has 0 heterocycles. The third kappa shape index (κ3) is 1.74. The Morgan fingerprint density at radius 2 is 1.89 bits per heavy atom. The molecule has 3 atom stereocenters. The van der Waals surface area contributed by atoms with Gasteiger partial charge in [0, 0.05) is 5.41 Å². The third-order valence-corrected chi connectivity index (χ3v) is 6.31. The van der Waals surface area contributed by atoms with E-state index < -0.39 is 0 Å². The summed E-state index contributed by atoms with van der Waals surface area (Å²) in [5.74, 6) is 1.92. The monoisotopic (exact) mass is 258 g/mol. The highest BCUT2D eigenvalue weighted by atomic mass is 16.5. The highest BCUT2D eigenvalue weighted by molar-refractivity contribution is 5.36. The summed E-state index contributed by atoms with van der Waals surface area (Å²) < 4.78 is 6.43. The Morgan fingerprint density at radius 1 is 1.16 bits per heavy atom. The van der Waals surface area contributed by atoms with Crippen LogP contribution >= 0.6 is 0 Å². The van der Waals surface area contributed by atoms with Gasteiger partial charge in [0.2, 0.25) is 0 Å². The Bertz CT molecular complexity index is 502. The lowest BCUT2D eigenvalue weighted by Gasteiger charge is -2.39. The Labute approximate surface area is 117 Å². The fourth-order valence-electron chi connectivity index (χ4n) is 4.39. The Hall–Kier alpha value is -0.980. The Kier molecular flexibility index (Phi) is 2.75. The van der Waals surface area contributed by atoms with Crippen molar-refractivity contribution in [2.75, 3.05) is 0 Å². The van der Waals surface area contributed by atoms with E-state index in [1.807, 2.05) is 0 Å². The average Bonchev–Trinajstić information content (AvgIpc) is 2.65. The molecule has 3 unspecified atom stereocenters. The number of rotatable bonds is 2. The van der Waals surface area contributed by atoms with Crippen molar-refractivity contribution in [1.29, 1.82) is 0 Å². The van der Waals surface area contributed by atoms with E-state index in [-0.39, 0.29) is 0 Å². The zero-order chi connectivity index (χ0) is 13.8. The summed E-state index contributed by atoms with van der Waals surface area (Å²) in [6, 6.07) is 6.52. The van der Waals surface area contributed by atoms with Crippen molar-refractivity contribution in [3.8, 4) is 5.75 Å². The van der Waals surface area contributed by atoms with Gasteiger partial charge in [-0.2, -0.15) is 0 Å². The predicted octanol–water partition coefficient (Wildman–Crippen LogP) is 4.90. The molecule has 2 bridgehead atoms. The van der Waals surface area contributed by atoms with Crippen LogP contribution in [0.3, 0.4) is 0 Å². The molecule has 0 aromatic heterocycles.